The topological polar surface area (TPSA) is 64.9 Å². The Hall–Kier alpha value is -1.08. The van der Waals surface area contributed by atoms with E-state index in [2.05, 4.69) is 23.6 Å². The number of nitrogens with zero attached hydrogens (tertiary/aromatic N) is 1. The molecule has 16 heavy (non-hydrogen) atoms. The molecule has 4 nitrogen and oxygen atoms in total. The maximum Gasteiger partial charge on any atom is 0.237 e. The van der Waals surface area contributed by atoms with Gasteiger partial charge in [0.15, 0.2) is 0 Å². The summed E-state index contributed by atoms with van der Waals surface area (Å²) in [6.45, 7) is 3.81. The number of rotatable bonds is 5. The van der Waals surface area contributed by atoms with Crippen molar-refractivity contribution in [2.45, 2.75) is 45.1 Å². The zero-order valence-electron chi connectivity index (χ0n) is 9.96. The first-order valence-corrected chi connectivity index (χ1v) is 6.12. The van der Waals surface area contributed by atoms with Crippen molar-refractivity contribution >= 4 is 5.91 Å². The van der Waals surface area contributed by atoms with Crippen LogP contribution in [0.3, 0.4) is 0 Å². The molecule has 0 spiro atoms. The summed E-state index contributed by atoms with van der Waals surface area (Å²) in [4.78, 5) is 11.7. The van der Waals surface area contributed by atoms with Gasteiger partial charge in [-0.05, 0) is 38.1 Å². The zero-order valence-corrected chi connectivity index (χ0v) is 9.96. The van der Waals surface area contributed by atoms with E-state index in [9.17, 15) is 4.79 Å². The lowest BCUT2D eigenvalue weighted by molar-refractivity contribution is -0.124. The van der Waals surface area contributed by atoms with Crippen molar-refractivity contribution in [2.24, 2.45) is 5.92 Å². The van der Waals surface area contributed by atoms with Gasteiger partial charge < -0.3 is 10.6 Å². The number of nitrogens with one attached hydrogen (secondary N) is 2. The SMILES string of the molecule is CC1CCNC(C(=O)NCCCCC#N)C1. The number of hydrogen-bond acceptors (Lipinski definition) is 3. The summed E-state index contributed by atoms with van der Waals surface area (Å²) in [7, 11) is 0. The molecule has 1 aliphatic rings. The molecular weight excluding hydrogens is 202 g/mol. The molecule has 1 aliphatic heterocycles. The molecule has 0 aromatic heterocycles. The molecule has 2 atom stereocenters. The van der Waals surface area contributed by atoms with Crippen LogP contribution in [0.1, 0.15) is 39.0 Å². The Morgan fingerprint density at radius 2 is 2.38 bits per heavy atom. The smallest absolute Gasteiger partial charge is 0.237 e. The number of unbranched alkanes of at least 4 members (excludes halogenated alkanes) is 2. The molecule has 1 fully saturated rings. The second-order valence-corrected chi connectivity index (χ2v) is 4.54. The van der Waals surface area contributed by atoms with E-state index in [1.807, 2.05) is 0 Å². The lowest BCUT2D eigenvalue weighted by Gasteiger charge is -2.27. The molecule has 0 radical (unpaired) electrons. The van der Waals surface area contributed by atoms with Crippen LogP contribution in [0.5, 0.6) is 0 Å². The van der Waals surface area contributed by atoms with Gasteiger partial charge in [-0.15, -0.1) is 0 Å². The lowest BCUT2D eigenvalue weighted by Crippen LogP contribution is -2.48. The highest BCUT2D eigenvalue weighted by Crippen LogP contribution is 2.14. The lowest BCUT2D eigenvalue weighted by atomic mass is 9.94. The average Bonchev–Trinajstić information content (AvgIpc) is 2.28. The predicted molar refractivity (Wildman–Crippen MR) is 62.7 cm³/mol. The molecule has 0 aromatic rings. The highest BCUT2D eigenvalue weighted by molar-refractivity contribution is 5.81. The van der Waals surface area contributed by atoms with Gasteiger partial charge in [-0.1, -0.05) is 6.92 Å². The normalized spacial score (nSPS) is 24.8. The Morgan fingerprint density at radius 3 is 3.06 bits per heavy atom. The minimum atomic E-state index is -0.0142. The number of amides is 1. The number of carbonyl (C=O) groups excluding carboxylic acids is 1. The van der Waals surface area contributed by atoms with E-state index >= 15 is 0 Å². The molecule has 1 amide bonds. The highest BCUT2D eigenvalue weighted by atomic mass is 16.2. The summed E-state index contributed by atoms with van der Waals surface area (Å²) in [6, 6.07) is 2.09. The van der Waals surface area contributed by atoms with Crippen molar-refractivity contribution in [1.82, 2.24) is 10.6 Å². The van der Waals surface area contributed by atoms with Crippen molar-refractivity contribution in [1.29, 1.82) is 5.26 Å². The molecule has 0 saturated carbocycles. The van der Waals surface area contributed by atoms with Gasteiger partial charge in [-0.3, -0.25) is 4.79 Å². The summed E-state index contributed by atoms with van der Waals surface area (Å²) >= 11 is 0. The first-order chi connectivity index (χ1) is 7.74. The number of piperidine rings is 1. The van der Waals surface area contributed by atoms with Crippen molar-refractivity contribution < 1.29 is 4.79 Å². The van der Waals surface area contributed by atoms with E-state index in [1.54, 1.807) is 0 Å². The molecule has 90 valence electrons. The van der Waals surface area contributed by atoms with E-state index in [4.69, 9.17) is 5.26 Å². The van der Waals surface area contributed by atoms with Crippen LogP contribution in [0.4, 0.5) is 0 Å². The second kappa shape index (κ2) is 7.24. The standard InChI is InChI=1S/C12H21N3O/c1-10-5-8-14-11(9-10)12(16)15-7-4-2-3-6-13/h10-11,14H,2-5,7-9H2,1H3,(H,15,16). The largest absolute Gasteiger partial charge is 0.355 e. The summed E-state index contributed by atoms with van der Waals surface area (Å²) in [5.41, 5.74) is 0. The molecule has 1 heterocycles. The molecular formula is C12H21N3O. The van der Waals surface area contributed by atoms with E-state index in [-0.39, 0.29) is 11.9 Å². The van der Waals surface area contributed by atoms with Crippen LogP contribution < -0.4 is 10.6 Å². The van der Waals surface area contributed by atoms with Crippen LogP contribution in [-0.2, 0) is 4.79 Å². The second-order valence-electron chi connectivity index (χ2n) is 4.54. The van der Waals surface area contributed by atoms with Crippen LogP contribution in [0, 0.1) is 17.2 Å². The van der Waals surface area contributed by atoms with Gasteiger partial charge in [0.1, 0.15) is 0 Å². The molecule has 0 aliphatic carbocycles. The maximum absolute atomic E-state index is 11.7. The van der Waals surface area contributed by atoms with Gasteiger partial charge in [0.25, 0.3) is 0 Å². The van der Waals surface area contributed by atoms with Crippen LogP contribution in [0.25, 0.3) is 0 Å². The van der Waals surface area contributed by atoms with Crippen molar-refractivity contribution in [3.8, 4) is 6.07 Å². The summed E-state index contributed by atoms with van der Waals surface area (Å²) < 4.78 is 0. The van der Waals surface area contributed by atoms with Gasteiger partial charge in [-0.25, -0.2) is 0 Å². The Bertz CT molecular complexity index is 259. The Balaban J connectivity index is 2.12. The fourth-order valence-electron chi connectivity index (χ4n) is 1.97. The number of hydrogen-bond donors (Lipinski definition) is 2. The van der Waals surface area contributed by atoms with Crippen LogP contribution in [-0.4, -0.2) is 25.0 Å². The monoisotopic (exact) mass is 223 g/mol. The van der Waals surface area contributed by atoms with E-state index < -0.39 is 0 Å². The van der Waals surface area contributed by atoms with Crippen LogP contribution in [0.2, 0.25) is 0 Å². The third kappa shape index (κ3) is 4.63. The fraction of sp³-hybridized carbons (Fsp3) is 0.833. The fourth-order valence-corrected chi connectivity index (χ4v) is 1.97. The van der Waals surface area contributed by atoms with E-state index in [1.165, 1.54) is 0 Å². The molecule has 0 bridgehead atoms. The van der Waals surface area contributed by atoms with Crippen molar-refractivity contribution in [2.75, 3.05) is 13.1 Å². The van der Waals surface area contributed by atoms with Crippen LogP contribution in [0.15, 0.2) is 0 Å². The Labute approximate surface area is 97.4 Å². The van der Waals surface area contributed by atoms with Gasteiger partial charge in [0, 0.05) is 13.0 Å². The number of carbonyl (C=O) groups is 1. The van der Waals surface area contributed by atoms with Gasteiger partial charge in [-0.2, -0.15) is 5.26 Å². The van der Waals surface area contributed by atoms with Gasteiger partial charge in [0.05, 0.1) is 12.1 Å². The summed E-state index contributed by atoms with van der Waals surface area (Å²) in [6.07, 6.45) is 4.43. The maximum atomic E-state index is 11.7. The number of nitriles is 1. The molecule has 2 unspecified atom stereocenters. The van der Waals surface area contributed by atoms with E-state index in [0.717, 1.165) is 32.2 Å². The summed E-state index contributed by atoms with van der Waals surface area (Å²) in [5.74, 6) is 0.749. The third-order valence-electron chi connectivity index (χ3n) is 3.00. The Morgan fingerprint density at radius 1 is 1.56 bits per heavy atom. The highest BCUT2D eigenvalue weighted by Gasteiger charge is 2.23. The first kappa shape index (κ1) is 13.0. The molecule has 1 rings (SSSR count). The zero-order chi connectivity index (χ0) is 11.8. The predicted octanol–water partition coefficient (Wildman–Crippen LogP) is 1.18. The molecule has 4 heteroatoms. The van der Waals surface area contributed by atoms with Crippen molar-refractivity contribution in [3.05, 3.63) is 0 Å². The molecule has 1 saturated heterocycles. The quantitative estimate of drug-likeness (QED) is 0.688. The van der Waals surface area contributed by atoms with E-state index in [0.29, 0.717) is 18.9 Å². The summed E-state index contributed by atoms with van der Waals surface area (Å²) in [5, 5.41) is 14.5. The minimum absolute atomic E-state index is 0.0142. The van der Waals surface area contributed by atoms with Gasteiger partial charge in [0.2, 0.25) is 5.91 Å². The minimum Gasteiger partial charge on any atom is -0.355 e. The van der Waals surface area contributed by atoms with Crippen LogP contribution >= 0.6 is 0 Å². The average molecular weight is 223 g/mol. The van der Waals surface area contributed by atoms with Crippen molar-refractivity contribution in [3.63, 3.8) is 0 Å². The molecule has 2 N–H and O–H groups in total. The molecule has 0 aromatic carbocycles. The third-order valence-corrected chi connectivity index (χ3v) is 3.00. The first-order valence-electron chi connectivity index (χ1n) is 6.12. The van der Waals surface area contributed by atoms with Gasteiger partial charge >= 0.3 is 0 Å². The Kier molecular flexibility index (Phi) is 5.87.